The Kier molecular flexibility index (Phi) is 7.37. The second kappa shape index (κ2) is 10.6. The van der Waals surface area contributed by atoms with Gasteiger partial charge in [-0.2, -0.15) is 0 Å². The second-order valence-electron chi connectivity index (χ2n) is 8.11. The van der Waals surface area contributed by atoms with Crippen molar-refractivity contribution < 1.29 is 33.0 Å². The van der Waals surface area contributed by atoms with E-state index in [1.807, 2.05) is 0 Å². The number of ether oxygens (including phenoxy) is 2. The zero-order valence-corrected chi connectivity index (χ0v) is 18.9. The zero-order chi connectivity index (χ0) is 24.9. The van der Waals surface area contributed by atoms with Gasteiger partial charge in [0.05, 0.1) is 31.8 Å². The quantitative estimate of drug-likeness (QED) is 0.633. The summed E-state index contributed by atoms with van der Waals surface area (Å²) in [5, 5.41) is 2.65. The van der Waals surface area contributed by atoms with Crippen LogP contribution in [-0.2, 0) is 19.1 Å². The maximum atomic E-state index is 14.5. The van der Waals surface area contributed by atoms with Gasteiger partial charge >= 0.3 is 0 Å². The van der Waals surface area contributed by atoms with Crippen LogP contribution in [0.3, 0.4) is 0 Å². The van der Waals surface area contributed by atoms with Gasteiger partial charge in [0.2, 0.25) is 11.8 Å². The number of amides is 4. The predicted octanol–water partition coefficient (Wildman–Crippen LogP) is 1.16. The van der Waals surface area contributed by atoms with E-state index in [1.165, 1.54) is 46.2 Å². The Morgan fingerprint density at radius 1 is 1.03 bits per heavy atom. The zero-order valence-electron chi connectivity index (χ0n) is 18.9. The van der Waals surface area contributed by atoms with E-state index in [9.17, 15) is 23.6 Å². The molecule has 0 unspecified atom stereocenters. The summed E-state index contributed by atoms with van der Waals surface area (Å²) in [4.78, 5) is 52.4. The van der Waals surface area contributed by atoms with E-state index >= 15 is 0 Å². The lowest BCUT2D eigenvalue weighted by atomic mass is 10.1. The normalized spacial score (nSPS) is 18.3. The molecule has 2 heterocycles. The Hall–Kier alpha value is -3.83. The molecule has 2 fully saturated rings. The van der Waals surface area contributed by atoms with Crippen LogP contribution < -0.4 is 16.0 Å². The average Bonchev–Trinajstić information content (AvgIpc) is 2.86. The molecule has 2 saturated heterocycles. The number of nitrogens with one attached hydrogen (secondary N) is 1. The molecule has 4 rings (SSSR count). The van der Waals surface area contributed by atoms with E-state index in [0.717, 1.165) is 6.07 Å². The molecule has 3 N–H and O–H groups in total. The number of halogens is 1. The van der Waals surface area contributed by atoms with Crippen LogP contribution in [0.4, 0.5) is 15.8 Å². The first-order valence-corrected chi connectivity index (χ1v) is 11.1. The molecular formula is C24H25FN4O6. The van der Waals surface area contributed by atoms with E-state index < -0.39 is 35.5 Å². The number of primary amides is 1. The molecule has 2 aliphatic heterocycles. The first-order valence-electron chi connectivity index (χ1n) is 11.1. The van der Waals surface area contributed by atoms with E-state index in [2.05, 4.69) is 5.32 Å². The molecule has 0 bridgehead atoms. The Morgan fingerprint density at radius 3 is 2.43 bits per heavy atom. The van der Waals surface area contributed by atoms with Crippen LogP contribution in [0.2, 0.25) is 0 Å². The van der Waals surface area contributed by atoms with Crippen LogP contribution >= 0.6 is 0 Å². The van der Waals surface area contributed by atoms with Crippen molar-refractivity contribution in [2.75, 3.05) is 49.7 Å². The second-order valence-corrected chi connectivity index (χ2v) is 8.11. The number of rotatable bonds is 6. The lowest BCUT2D eigenvalue weighted by Crippen LogP contribution is -2.49. The fraction of sp³-hybridized carbons (Fsp3) is 0.333. The van der Waals surface area contributed by atoms with Crippen molar-refractivity contribution in [1.29, 1.82) is 0 Å². The third-order valence-electron chi connectivity index (χ3n) is 5.79. The summed E-state index contributed by atoms with van der Waals surface area (Å²) in [6.45, 7) is 1.86. The molecule has 11 heteroatoms. The molecule has 2 aromatic rings. The molecule has 2 aliphatic rings. The Balaban J connectivity index is 1.43. The summed E-state index contributed by atoms with van der Waals surface area (Å²) < 4.78 is 25.2. The highest BCUT2D eigenvalue weighted by Crippen LogP contribution is 2.24. The van der Waals surface area contributed by atoms with Gasteiger partial charge in [-0.25, -0.2) is 4.39 Å². The summed E-state index contributed by atoms with van der Waals surface area (Å²) in [7, 11) is 0. The Morgan fingerprint density at radius 2 is 1.74 bits per heavy atom. The molecular weight excluding hydrogens is 459 g/mol. The van der Waals surface area contributed by atoms with E-state index in [4.69, 9.17) is 15.2 Å². The highest BCUT2D eigenvalue weighted by Gasteiger charge is 2.33. The molecule has 184 valence electrons. The molecule has 0 radical (unpaired) electrons. The van der Waals surface area contributed by atoms with Crippen LogP contribution in [0, 0.1) is 5.82 Å². The minimum Gasteiger partial charge on any atom is -0.378 e. The van der Waals surface area contributed by atoms with Crippen molar-refractivity contribution in [2.24, 2.45) is 5.73 Å². The number of anilines is 2. The lowest BCUT2D eigenvalue weighted by molar-refractivity contribution is -0.137. The largest absolute Gasteiger partial charge is 0.378 e. The summed E-state index contributed by atoms with van der Waals surface area (Å²) >= 11 is 0. The molecule has 2 aromatic carbocycles. The number of nitrogens with zero attached hydrogens (tertiary/aromatic N) is 2. The van der Waals surface area contributed by atoms with Gasteiger partial charge in [-0.1, -0.05) is 0 Å². The Bertz CT molecular complexity index is 1130. The summed E-state index contributed by atoms with van der Waals surface area (Å²) in [6.07, 6.45) is -1.29. The number of benzene rings is 2. The van der Waals surface area contributed by atoms with Gasteiger partial charge < -0.3 is 30.3 Å². The molecule has 0 aliphatic carbocycles. The number of carbonyl (C=O) groups is 4. The van der Waals surface area contributed by atoms with Crippen LogP contribution in [0.25, 0.3) is 0 Å². The van der Waals surface area contributed by atoms with Gasteiger partial charge in [-0.05, 0) is 42.5 Å². The van der Waals surface area contributed by atoms with Gasteiger partial charge in [0.15, 0.2) is 0 Å². The van der Waals surface area contributed by atoms with Crippen LogP contribution in [-0.4, -0.2) is 74.1 Å². The minimum atomic E-state index is -1.04. The average molecular weight is 484 g/mol. The number of carbonyl (C=O) groups excluding carboxylic acids is 4. The SMILES string of the molecule is NC(=O)c1ccc(NC(=O)C[C@H]2OCCN(c3ccc(F)c(C(=O)N4CCOCC4)c3)C2=O)cc1. The van der Waals surface area contributed by atoms with Gasteiger partial charge in [0.25, 0.3) is 11.8 Å². The molecule has 10 nitrogen and oxygen atoms in total. The van der Waals surface area contributed by atoms with Gasteiger partial charge in [0, 0.05) is 36.6 Å². The van der Waals surface area contributed by atoms with E-state index in [0.29, 0.717) is 43.2 Å². The molecule has 35 heavy (non-hydrogen) atoms. The first-order chi connectivity index (χ1) is 16.8. The fourth-order valence-corrected chi connectivity index (χ4v) is 3.92. The standard InChI is InChI=1S/C24H25FN4O6/c25-19-6-5-17(13-18(19)23(32)28-7-10-34-11-8-28)29-9-12-35-20(24(29)33)14-21(30)27-16-3-1-15(2-4-16)22(26)31/h1-6,13,20H,7-12,14H2,(H2,26,31)(H,27,30)/t20-/m1/s1. The number of hydrogen-bond donors (Lipinski definition) is 2. The van der Waals surface area contributed by atoms with Crippen molar-refractivity contribution in [2.45, 2.75) is 12.5 Å². The highest BCUT2D eigenvalue weighted by molar-refractivity contribution is 6.03. The van der Waals surface area contributed by atoms with Crippen LogP contribution in [0.1, 0.15) is 27.1 Å². The van der Waals surface area contributed by atoms with Crippen molar-refractivity contribution in [3.05, 3.63) is 59.4 Å². The monoisotopic (exact) mass is 484 g/mol. The number of hydrogen-bond acceptors (Lipinski definition) is 6. The first kappa shape index (κ1) is 24.3. The van der Waals surface area contributed by atoms with Gasteiger partial charge in [-0.15, -0.1) is 0 Å². The maximum absolute atomic E-state index is 14.5. The highest BCUT2D eigenvalue weighted by atomic mass is 19.1. The van der Waals surface area contributed by atoms with E-state index in [-0.39, 0.29) is 25.1 Å². The summed E-state index contributed by atoms with van der Waals surface area (Å²) in [5.41, 5.74) is 6.16. The van der Waals surface area contributed by atoms with Crippen LogP contribution in [0.5, 0.6) is 0 Å². The van der Waals surface area contributed by atoms with Crippen LogP contribution in [0.15, 0.2) is 42.5 Å². The van der Waals surface area contributed by atoms with Crippen molar-refractivity contribution in [3.8, 4) is 0 Å². The molecule has 0 saturated carbocycles. The van der Waals surface area contributed by atoms with Gasteiger partial charge in [-0.3, -0.25) is 19.2 Å². The third kappa shape index (κ3) is 5.64. The van der Waals surface area contributed by atoms with Crippen molar-refractivity contribution >= 4 is 35.0 Å². The van der Waals surface area contributed by atoms with Gasteiger partial charge in [0.1, 0.15) is 11.9 Å². The van der Waals surface area contributed by atoms with E-state index in [1.54, 1.807) is 0 Å². The third-order valence-corrected chi connectivity index (χ3v) is 5.79. The minimum absolute atomic E-state index is 0.127. The molecule has 1 atom stereocenters. The molecule has 4 amide bonds. The lowest BCUT2D eigenvalue weighted by Gasteiger charge is -2.33. The number of nitrogens with two attached hydrogens (primary N) is 1. The fourth-order valence-electron chi connectivity index (χ4n) is 3.92. The maximum Gasteiger partial charge on any atom is 0.257 e. The van der Waals surface area contributed by atoms with Crippen molar-refractivity contribution in [3.63, 3.8) is 0 Å². The Labute approximate surface area is 200 Å². The van der Waals surface area contributed by atoms with Crippen molar-refractivity contribution in [1.82, 2.24) is 4.90 Å². The predicted molar refractivity (Wildman–Crippen MR) is 123 cm³/mol. The smallest absolute Gasteiger partial charge is 0.257 e. The topological polar surface area (TPSA) is 131 Å². The molecule has 0 aromatic heterocycles. The summed E-state index contributed by atoms with van der Waals surface area (Å²) in [5.74, 6) is -2.65. The molecule has 0 spiro atoms. The number of morpholine rings is 2. The summed E-state index contributed by atoms with van der Waals surface area (Å²) in [6, 6.07) is 9.94.